The highest BCUT2D eigenvalue weighted by atomic mass is 16.4. The van der Waals surface area contributed by atoms with Crippen molar-refractivity contribution in [1.82, 2.24) is 19.8 Å². The van der Waals surface area contributed by atoms with Gasteiger partial charge in [-0.1, -0.05) is 20.8 Å². The van der Waals surface area contributed by atoms with Crippen LogP contribution in [0.15, 0.2) is 12.1 Å². The summed E-state index contributed by atoms with van der Waals surface area (Å²) in [5.74, 6) is 0.636. The quantitative estimate of drug-likeness (QED) is 0.901. The summed E-state index contributed by atoms with van der Waals surface area (Å²) in [4.78, 5) is 13.2. The fourth-order valence-electron chi connectivity index (χ4n) is 2.70. The van der Waals surface area contributed by atoms with Crippen LogP contribution in [0.5, 0.6) is 0 Å². The van der Waals surface area contributed by atoms with Gasteiger partial charge in [0.15, 0.2) is 11.5 Å². The van der Waals surface area contributed by atoms with Crippen molar-refractivity contribution in [1.29, 1.82) is 0 Å². The van der Waals surface area contributed by atoms with E-state index in [1.54, 1.807) is 4.52 Å². The number of nitrogens with zero attached hydrogens (tertiary/aromatic N) is 5. The average Bonchev–Trinajstić information content (AvgIpc) is 3.03. The normalized spacial score (nSPS) is 19.4. The van der Waals surface area contributed by atoms with E-state index < -0.39 is 12.0 Å². The van der Waals surface area contributed by atoms with Gasteiger partial charge in [-0.3, -0.25) is 0 Å². The van der Waals surface area contributed by atoms with Crippen molar-refractivity contribution in [3.05, 3.63) is 18.0 Å². The molecule has 0 aromatic carbocycles. The first kappa shape index (κ1) is 13.8. The Hall–Kier alpha value is -2.18. The number of aromatic nitrogens is 4. The fourth-order valence-corrected chi connectivity index (χ4v) is 2.70. The summed E-state index contributed by atoms with van der Waals surface area (Å²) >= 11 is 0. The molecule has 0 amide bonds. The van der Waals surface area contributed by atoms with Gasteiger partial charge in [-0.05, 0) is 25.0 Å². The summed E-state index contributed by atoms with van der Waals surface area (Å²) < 4.78 is 1.71. The largest absolute Gasteiger partial charge is 0.480 e. The topological polar surface area (TPSA) is 83.6 Å². The van der Waals surface area contributed by atoms with Crippen LogP contribution in [0.3, 0.4) is 0 Å². The van der Waals surface area contributed by atoms with Crippen LogP contribution in [0.2, 0.25) is 0 Å². The minimum Gasteiger partial charge on any atom is -0.480 e. The maximum absolute atomic E-state index is 11.3. The van der Waals surface area contributed by atoms with Crippen molar-refractivity contribution in [3.63, 3.8) is 0 Å². The van der Waals surface area contributed by atoms with E-state index in [1.165, 1.54) is 0 Å². The summed E-state index contributed by atoms with van der Waals surface area (Å²) in [5.41, 5.74) is 0.497. The predicted octanol–water partition coefficient (Wildman–Crippen LogP) is 1.48. The Balaban J connectivity index is 2.06. The third-order valence-corrected chi connectivity index (χ3v) is 3.75. The van der Waals surface area contributed by atoms with Gasteiger partial charge in [0, 0.05) is 12.0 Å². The molecule has 0 saturated carbocycles. The van der Waals surface area contributed by atoms with Crippen molar-refractivity contribution >= 4 is 17.4 Å². The Morgan fingerprint density at radius 2 is 2.10 bits per heavy atom. The van der Waals surface area contributed by atoms with Gasteiger partial charge in [0.05, 0.1) is 0 Å². The van der Waals surface area contributed by atoms with E-state index in [-0.39, 0.29) is 5.41 Å². The number of anilines is 1. The Bertz CT molecular complexity index is 688. The summed E-state index contributed by atoms with van der Waals surface area (Å²) in [7, 11) is 0. The van der Waals surface area contributed by atoms with E-state index in [0.29, 0.717) is 24.4 Å². The van der Waals surface area contributed by atoms with E-state index >= 15 is 0 Å². The third kappa shape index (κ3) is 2.32. The highest BCUT2D eigenvalue weighted by Crippen LogP contribution is 2.26. The Labute approximate surface area is 122 Å². The van der Waals surface area contributed by atoms with E-state index in [2.05, 4.69) is 15.3 Å². The monoisotopic (exact) mass is 289 g/mol. The molecule has 1 N–H and O–H groups in total. The molecule has 0 spiro atoms. The molecule has 1 aliphatic rings. The first-order chi connectivity index (χ1) is 9.88. The summed E-state index contributed by atoms with van der Waals surface area (Å²) in [6.07, 6.45) is 1.52. The Morgan fingerprint density at radius 3 is 2.76 bits per heavy atom. The zero-order valence-electron chi connectivity index (χ0n) is 12.4. The van der Waals surface area contributed by atoms with Crippen molar-refractivity contribution < 1.29 is 9.90 Å². The summed E-state index contributed by atoms with van der Waals surface area (Å²) in [5, 5.41) is 22.2. The SMILES string of the molecule is CC(C)(C)c1nnc2ccc(N3CCCC3C(=O)O)nn12. The van der Waals surface area contributed by atoms with Crippen LogP contribution >= 0.6 is 0 Å². The molecule has 1 aliphatic heterocycles. The average molecular weight is 289 g/mol. The van der Waals surface area contributed by atoms with Crippen LogP contribution in [-0.2, 0) is 10.2 Å². The van der Waals surface area contributed by atoms with Crippen LogP contribution in [-0.4, -0.2) is 43.5 Å². The molecule has 0 radical (unpaired) electrons. The van der Waals surface area contributed by atoms with Gasteiger partial charge in [-0.15, -0.1) is 15.3 Å². The minimum absolute atomic E-state index is 0.178. The summed E-state index contributed by atoms with van der Waals surface area (Å²) in [6.45, 7) is 6.86. The zero-order valence-corrected chi connectivity index (χ0v) is 12.4. The molecule has 7 nitrogen and oxygen atoms in total. The number of carbonyl (C=O) groups is 1. The highest BCUT2D eigenvalue weighted by molar-refractivity contribution is 5.78. The maximum atomic E-state index is 11.3. The Kier molecular flexibility index (Phi) is 3.07. The van der Waals surface area contributed by atoms with Gasteiger partial charge >= 0.3 is 5.97 Å². The first-order valence-electron chi connectivity index (χ1n) is 7.10. The van der Waals surface area contributed by atoms with Crippen LogP contribution in [0.4, 0.5) is 5.82 Å². The third-order valence-electron chi connectivity index (χ3n) is 3.75. The van der Waals surface area contributed by atoms with Gasteiger partial charge < -0.3 is 10.0 Å². The van der Waals surface area contributed by atoms with E-state index in [0.717, 1.165) is 12.2 Å². The van der Waals surface area contributed by atoms with Crippen LogP contribution in [0.25, 0.3) is 5.65 Å². The molecule has 0 aliphatic carbocycles. The van der Waals surface area contributed by atoms with Gasteiger partial charge in [-0.2, -0.15) is 4.52 Å². The van der Waals surface area contributed by atoms with Crippen molar-refractivity contribution in [2.75, 3.05) is 11.4 Å². The second-order valence-corrected chi connectivity index (χ2v) is 6.42. The molecule has 7 heteroatoms. The van der Waals surface area contributed by atoms with E-state index in [9.17, 15) is 9.90 Å². The molecule has 112 valence electrons. The number of fused-ring (bicyclic) bond motifs is 1. The molecule has 1 unspecified atom stereocenters. The number of hydrogen-bond acceptors (Lipinski definition) is 5. The molecule has 0 bridgehead atoms. The van der Waals surface area contributed by atoms with Gasteiger partial charge in [0.25, 0.3) is 0 Å². The molecule has 2 aromatic rings. The second-order valence-electron chi connectivity index (χ2n) is 6.42. The molecule has 1 fully saturated rings. The smallest absolute Gasteiger partial charge is 0.326 e. The number of carboxylic acid groups (broad SMARTS) is 1. The molecule has 2 aromatic heterocycles. The zero-order chi connectivity index (χ0) is 15.2. The molecule has 1 saturated heterocycles. The standard InChI is InChI=1S/C14H19N5O2/c1-14(2,3)13-16-15-10-6-7-11(17-19(10)13)18-8-4-5-9(18)12(20)21/h6-7,9H,4-5,8H2,1-3H3,(H,20,21). The fraction of sp³-hybridized carbons (Fsp3) is 0.571. The molecular weight excluding hydrogens is 270 g/mol. The number of aliphatic carboxylic acids is 1. The van der Waals surface area contributed by atoms with Gasteiger partial charge in [0.2, 0.25) is 0 Å². The molecule has 3 rings (SSSR count). The Morgan fingerprint density at radius 1 is 1.33 bits per heavy atom. The summed E-state index contributed by atoms with van der Waals surface area (Å²) in [6, 6.07) is 3.16. The lowest BCUT2D eigenvalue weighted by Crippen LogP contribution is -2.36. The molecule has 1 atom stereocenters. The first-order valence-corrected chi connectivity index (χ1v) is 7.10. The van der Waals surface area contributed by atoms with E-state index in [1.807, 2.05) is 37.8 Å². The number of rotatable bonds is 2. The highest BCUT2D eigenvalue weighted by Gasteiger charge is 2.32. The number of hydrogen-bond donors (Lipinski definition) is 1. The van der Waals surface area contributed by atoms with Crippen LogP contribution in [0, 0.1) is 0 Å². The lowest BCUT2D eigenvalue weighted by molar-refractivity contribution is -0.138. The molecule has 21 heavy (non-hydrogen) atoms. The van der Waals surface area contributed by atoms with Crippen molar-refractivity contribution in [2.45, 2.75) is 45.1 Å². The van der Waals surface area contributed by atoms with Crippen molar-refractivity contribution in [3.8, 4) is 0 Å². The lowest BCUT2D eigenvalue weighted by atomic mass is 9.96. The second kappa shape index (κ2) is 4.68. The van der Waals surface area contributed by atoms with E-state index in [4.69, 9.17) is 0 Å². The van der Waals surface area contributed by atoms with Gasteiger partial charge in [0.1, 0.15) is 11.9 Å². The van der Waals surface area contributed by atoms with Gasteiger partial charge in [-0.25, -0.2) is 4.79 Å². The van der Waals surface area contributed by atoms with Crippen LogP contribution < -0.4 is 4.90 Å². The predicted molar refractivity (Wildman–Crippen MR) is 77.5 cm³/mol. The van der Waals surface area contributed by atoms with Crippen molar-refractivity contribution in [2.24, 2.45) is 0 Å². The van der Waals surface area contributed by atoms with Crippen LogP contribution in [0.1, 0.15) is 39.4 Å². The maximum Gasteiger partial charge on any atom is 0.326 e. The lowest BCUT2D eigenvalue weighted by Gasteiger charge is -2.22. The molecular formula is C14H19N5O2. The minimum atomic E-state index is -0.797. The molecule has 3 heterocycles. The number of carboxylic acids is 1.